The van der Waals surface area contributed by atoms with E-state index in [1.807, 2.05) is 61.5 Å². The molecule has 128 valence electrons. The minimum absolute atomic E-state index is 0.0327. The molecule has 5 nitrogen and oxygen atoms in total. The first-order valence-electron chi connectivity index (χ1n) is 8.01. The lowest BCUT2D eigenvalue weighted by Crippen LogP contribution is -2.43. The van der Waals surface area contributed by atoms with Crippen molar-refractivity contribution >= 4 is 6.03 Å². The van der Waals surface area contributed by atoms with E-state index in [-0.39, 0.29) is 12.1 Å². The van der Waals surface area contributed by atoms with Gasteiger partial charge in [-0.25, -0.2) is 4.79 Å². The fourth-order valence-corrected chi connectivity index (χ4v) is 2.34. The lowest BCUT2D eigenvalue weighted by atomic mass is 10.1. The van der Waals surface area contributed by atoms with E-state index in [2.05, 4.69) is 10.6 Å². The maximum absolute atomic E-state index is 11.7. The van der Waals surface area contributed by atoms with Gasteiger partial charge in [-0.05, 0) is 18.6 Å². The molecule has 0 aliphatic heterocycles. The van der Waals surface area contributed by atoms with Crippen LogP contribution in [0.15, 0.2) is 54.6 Å². The monoisotopic (exact) mass is 328 g/mol. The zero-order valence-electron chi connectivity index (χ0n) is 14.1. The minimum Gasteiger partial charge on any atom is -0.491 e. The van der Waals surface area contributed by atoms with Crippen LogP contribution in [0, 0.1) is 0 Å². The molecule has 0 heterocycles. The van der Waals surface area contributed by atoms with Gasteiger partial charge in [0, 0.05) is 12.7 Å². The number of carbonyl (C=O) groups is 1. The summed E-state index contributed by atoms with van der Waals surface area (Å²) in [7, 11) is 1.61. The number of urea groups is 1. The fraction of sp³-hybridized carbons (Fsp3) is 0.316. The number of methoxy groups -OCH3 is 1. The van der Waals surface area contributed by atoms with Crippen molar-refractivity contribution in [2.75, 3.05) is 26.9 Å². The Hall–Kier alpha value is -2.53. The van der Waals surface area contributed by atoms with Crippen LogP contribution in [0.25, 0.3) is 11.1 Å². The summed E-state index contributed by atoms with van der Waals surface area (Å²) >= 11 is 0. The van der Waals surface area contributed by atoms with Gasteiger partial charge in [-0.1, -0.05) is 48.5 Å². The Kier molecular flexibility index (Phi) is 7.11. The normalized spacial score (nSPS) is 11.6. The van der Waals surface area contributed by atoms with Crippen molar-refractivity contribution in [3.05, 3.63) is 54.6 Å². The summed E-state index contributed by atoms with van der Waals surface area (Å²) in [5.74, 6) is 0.804. The number of para-hydroxylation sites is 1. The fourth-order valence-electron chi connectivity index (χ4n) is 2.34. The topological polar surface area (TPSA) is 59.6 Å². The molecule has 2 N–H and O–H groups in total. The lowest BCUT2D eigenvalue weighted by Gasteiger charge is -2.15. The zero-order chi connectivity index (χ0) is 17.2. The number of ether oxygens (including phenoxy) is 2. The Labute approximate surface area is 143 Å². The maximum Gasteiger partial charge on any atom is 0.315 e. The SMILES string of the molecule is COCC(C)NC(=O)NCCOc1ccccc1-c1ccccc1. The van der Waals surface area contributed by atoms with Gasteiger partial charge in [-0.2, -0.15) is 0 Å². The molecule has 1 unspecified atom stereocenters. The number of benzene rings is 2. The van der Waals surface area contributed by atoms with Crippen molar-refractivity contribution in [3.8, 4) is 16.9 Å². The summed E-state index contributed by atoms with van der Waals surface area (Å²) in [5.41, 5.74) is 2.14. The third-order valence-electron chi connectivity index (χ3n) is 3.41. The highest BCUT2D eigenvalue weighted by molar-refractivity contribution is 5.74. The van der Waals surface area contributed by atoms with Crippen molar-refractivity contribution < 1.29 is 14.3 Å². The van der Waals surface area contributed by atoms with Gasteiger partial charge in [0.2, 0.25) is 0 Å². The highest BCUT2D eigenvalue weighted by atomic mass is 16.5. The van der Waals surface area contributed by atoms with Crippen LogP contribution >= 0.6 is 0 Å². The number of hydrogen-bond donors (Lipinski definition) is 2. The molecule has 0 aliphatic carbocycles. The summed E-state index contributed by atoms with van der Waals surface area (Å²) in [5, 5.41) is 5.56. The molecule has 2 rings (SSSR count). The molecule has 2 aromatic rings. The van der Waals surface area contributed by atoms with Gasteiger partial charge in [0.15, 0.2) is 0 Å². The molecule has 5 heteroatoms. The van der Waals surface area contributed by atoms with Crippen molar-refractivity contribution in [1.82, 2.24) is 10.6 Å². The Balaban J connectivity index is 1.82. The highest BCUT2D eigenvalue weighted by Crippen LogP contribution is 2.29. The van der Waals surface area contributed by atoms with E-state index in [1.165, 1.54) is 0 Å². The Morgan fingerprint density at radius 3 is 2.54 bits per heavy atom. The van der Waals surface area contributed by atoms with E-state index < -0.39 is 0 Å². The van der Waals surface area contributed by atoms with Gasteiger partial charge in [0.05, 0.1) is 19.2 Å². The van der Waals surface area contributed by atoms with Crippen LogP contribution in [0.5, 0.6) is 5.75 Å². The predicted octanol–water partition coefficient (Wildman–Crippen LogP) is 3.07. The molecule has 0 spiro atoms. The summed E-state index contributed by atoms with van der Waals surface area (Å²) in [6, 6.07) is 17.7. The average molecular weight is 328 g/mol. The van der Waals surface area contributed by atoms with E-state index in [4.69, 9.17) is 9.47 Å². The molecule has 0 saturated heterocycles. The molecule has 0 bridgehead atoms. The average Bonchev–Trinajstić information content (AvgIpc) is 2.60. The summed E-state index contributed by atoms with van der Waals surface area (Å²) in [6.45, 7) is 3.19. The molecule has 0 fully saturated rings. The van der Waals surface area contributed by atoms with Crippen molar-refractivity contribution in [1.29, 1.82) is 0 Å². The molecule has 0 saturated carbocycles. The molecule has 2 amide bonds. The lowest BCUT2D eigenvalue weighted by molar-refractivity contribution is 0.170. The van der Waals surface area contributed by atoms with E-state index in [1.54, 1.807) is 7.11 Å². The molecule has 24 heavy (non-hydrogen) atoms. The number of rotatable bonds is 8. The summed E-state index contributed by atoms with van der Waals surface area (Å²) < 4.78 is 10.8. The van der Waals surface area contributed by atoms with Crippen LogP contribution in [-0.4, -0.2) is 38.9 Å². The standard InChI is InChI=1S/C19H24N2O3/c1-15(14-23-2)21-19(22)20-12-13-24-18-11-7-6-10-17(18)16-8-4-3-5-9-16/h3-11,15H,12-14H2,1-2H3,(H2,20,21,22). The smallest absolute Gasteiger partial charge is 0.315 e. The number of amides is 2. The number of hydrogen-bond acceptors (Lipinski definition) is 3. The van der Waals surface area contributed by atoms with Crippen LogP contribution in [0.2, 0.25) is 0 Å². The zero-order valence-corrected chi connectivity index (χ0v) is 14.1. The first-order valence-corrected chi connectivity index (χ1v) is 8.01. The molecule has 0 radical (unpaired) electrons. The second-order valence-corrected chi connectivity index (χ2v) is 5.47. The van der Waals surface area contributed by atoms with Crippen LogP contribution < -0.4 is 15.4 Å². The quantitative estimate of drug-likeness (QED) is 0.732. The highest BCUT2D eigenvalue weighted by Gasteiger charge is 2.07. The van der Waals surface area contributed by atoms with E-state index in [0.29, 0.717) is 19.8 Å². The van der Waals surface area contributed by atoms with E-state index in [0.717, 1.165) is 16.9 Å². The van der Waals surface area contributed by atoms with Gasteiger partial charge in [-0.3, -0.25) is 0 Å². The second kappa shape index (κ2) is 9.57. The van der Waals surface area contributed by atoms with Gasteiger partial charge < -0.3 is 20.1 Å². The molecular weight excluding hydrogens is 304 g/mol. The third kappa shape index (κ3) is 5.59. The van der Waals surface area contributed by atoms with Crippen LogP contribution in [0.4, 0.5) is 4.79 Å². The van der Waals surface area contributed by atoms with Gasteiger partial charge in [0.1, 0.15) is 12.4 Å². The van der Waals surface area contributed by atoms with Crippen molar-refractivity contribution in [2.24, 2.45) is 0 Å². The molecule has 0 aromatic heterocycles. The maximum atomic E-state index is 11.7. The van der Waals surface area contributed by atoms with Crippen LogP contribution in [0.3, 0.4) is 0 Å². The number of carbonyl (C=O) groups excluding carboxylic acids is 1. The van der Waals surface area contributed by atoms with Crippen molar-refractivity contribution in [3.63, 3.8) is 0 Å². The van der Waals surface area contributed by atoms with Crippen LogP contribution in [0.1, 0.15) is 6.92 Å². The predicted molar refractivity (Wildman–Crippen MR) is 95.2 cm³/mol. The second-order valence-electron chi connectivity index (χ2n) is 5.47. The van der Waals surface area contributed by atoms with Crippen molar-refractivity contribution in [2.45, 2.75) is 13.0 Å². The third-order valence-corrected chi connectivity index (χ3v) is 3.41. The molecular formula is C19H24N2O3. The van der Waals surface area contributed by atoms with E-state index >= 15 is 0 Å². The summed E-state index contributed by atoms with van der Waals surface area (Å²) in [4.78, 5) is 11.7. The largest absolute Gasteiger partial charge is 0.491 e. The minimum atomic E-state index is -0.223. The summed E-state index contributed by atoms with van der Waals surface area (Å²) in [6.07, 6.45) is 0. The van der Waals surface area contributed by atoms with Gasteiger partial charge >= 0.3 is 6.03 Å². The Morgan fingerprint density at radius 2 is 1.79 bits per heavy atom. The number of nitrogens with one attached hydrogen (secondary N) is 2. The Bertz CT molecular complexity index is 632. The van der Waals surface area contributed by atoms with E-state index in [9.17, 15) is 4.79 Å². The molecule has 1 atom stereocenters. The molecule has 0 aliphatic rings. The first kappa shape index (κ1) is 17.8. The van der Waals surface area contributed by atoms with Gasteiger partial charge in [-0.15, -0.1) is 0 Å². The molecule has 2 aromatic carbocycles. The van der Waals surface area contributed by atoms with Crippen LogP contribution in [-0.2, 0) is 4.74 Å². The Morgan fingerprint density at radius 1 is 1.08 bits per heavy atom. The first-order chi connectivity index (χ1) is 11.7. The van der Waals surface area contributed by atoms with Gasteiger partial charge in [0.25, 0.3) is 0 Å².